The van der Waals surface area contributed by atoms with Crippen molar-refractivity contribution in [1.82, 2.24) is 20.9 Å². The summed E-state index contributed by atoms with van der Waals surface area (Å²) in [6, 6.07) is 9.11. The van der Waals surface area contributed by atoms with Crippen LogP contribution in [0, 0.1) is 5.92 Å². The fourth-order valence-corrected chi connectivity index (χ4v) is 4.31. The van der Waals surface area contributed by atoms with Crippen LogP contribution in [0.15, 0.2) is 30.3 Å². The van der Waals surface area contributed by atoms with Gasteiger partial charge in [-0.25, -0.2) is 4.79 Å². The van der Waals surface area contributed by atoms with Crippen molar-refractivity contribution < 1.29 is 28.7 Å². The van der Waals surface area contributed by atoms with Gasteiger partial charge in [0.05, 0.1) is 13.2 Å². The van der Waals surface area contributed by atoms with Crippen LogP contribution in [0.1, 0.15) is 44.1 Å². The Bertz CT molecular complexity index is 843. The Morgan fingerprint density at radius 1 is 1.15 bits per heavy atom. The molecule has 10 nitrogen and oxygen atoms in total. The second-order valence-corrected chi connectivity index (χ2v) is 8.55. The maximum Gasteiger partial charge on any atom is 0.407 e. The van der Waals surface area contributed by atoms with E-state index in [1.165, 1.54) is 7.11 Å². The zero-order valence-corrected chi connectivity index (χ0v) is 19.6. The van der Waals surface area contributed by atoms with Crippen molar-refractivity contribution in [2.24, 2.45) is 5.92 Å². The lowest BCUT2D eigenvalue weighted by molar-refractivity contribution is -0.150. The molecule has 0 unspecified atom stereocenters. The number of nitrogens with zero attached hydrogens (tertiary/aromatic N) is 1. The molecule has 0 radical (unpaired) electrons. The summed E-state index contributed by atoms with van der Waals surface area (Å²) in [6.07, 6.45) is 2.77. The van der Waals surface area contributed by atoms with Crippen molar-refractivity contribution in [2.75, 3.05) is 26.7 Å². The molecule has 34 heavy (non-hydrogen) atoms. The van der Waals surface area contributed by atoms with Gasteiger partial charge < -0.3 is 30.3 Å². The Hall–Kier alpha value is -3.14. The molecule has 2 saturated heterocycles. The van der Waals surface area contributed by atoms with Crippen LogP contribution in [0.2, 0.25) is 0 Å². The first-order valence-electron chi connectivity index (χ1n) is 11.9. The van der Waals surface area contributed by atoms with E-state index >= 15 is 0 Å². The van der Waals surface area contributed by atoms with Gasteiger partial charge in [0.25, 0.3) is 0 Å². The van der Waals surface area contributed by atoms with Gasteiger partial charge in [0.15, 0.2) is 0 Å². The number of nitrogens with one attached hydrogen (secondary N) is 3. The zero-order valence-electron chi connectivity index (χ0n) is 19.6. The Kier molecular flexibility index (Phi) is 9.69. The van der Waals surface area contributed by atoms with E-state index in [9.17, 15) is 19.2 Å². The van der Waals surface area contributed by atoms with Crippen molar-refractivity contribution in [1.29, 1.82) is 0 Å². The number of alkyl carbamates (subject to hydrolysis) is 1. The number of methoxy groups -OCH3 is 1. The lowest BCUT2D eigenvalue weighted by Gasteiger charge is -2.29. The third kappa shape index (κ3) is 7.18. The number of carbonyl (C=O) groups excluding carboxylic acids is 4. The van der Waals surface area contributed by atoms with E-state index in [0.29, 0.717) is 19.4 Å². The minimum atomic E-state index is -1.02. The van der Waals surface area contributed by atoms with Crippen molar-refractivity contribution in [3.05, 3.63) is 35.9 Å². The smallest absolute Gasteiger partial charge is 0.407 e. The number of amides is 3. The highest BCUT2D eigenvalue weighted by Gasteiger charge is 2.37. The molecular weight excluding hydrogens is 440 g/mol. The molecule has 0 spiro atoms. The number of benzene rings is 1. The van der Waals surface area contributed by atoms with E-state index < -0.39 is 30.1 Å². The fourth-order valence-electron chi connectivity index (χ4n) is 4.31. The van der Waals surface area contributed by atoms with Gasteiger partial charge in [-0.3, -0.25) is 14.4 Å². The van der Waals surface area contributed by atoms with E-state index in [-0.39, 0.29) is 31.5 Å². The first-order valence-corrected chi connectivity index (χ1v) is 11.9. The Labute approximate surface area is 199 Å². The molecule has 1 aromatic rings. The monoisotopic (exact) mass is 474 g/mol. The first-order chi connectivity index (χ1) is 16.5. The van der Waals surface area contributed by atoms with Crippen molar-refractivity contribution in [3.8, 4) is 0 Å². The van der Waals surface area contributed by atoms with E-state index in [1.54, 1.807) is 4.90 Å². The minimum absolute atomic E-state index is 0.00636. The summed E-state index contributed by atoms with van der Waals surface area (Å²) in [5, 5.41) is 8.68. The van der Waals surface area contributed by atoms with Crippen LogP contribution in [0.3, 0.4) is 0 Å². The highest BCUT2D eigenvalue weighted by Crippen LogP contribution is 2.20. The minimum Gasteiger partial charge on any atom is -0.468 e. The van der Waals surface area contributed by atoms with Gasteiger partial charge in [0.2, 0.25) is 11.8 Å². The van der Waals surface area contributed by atoms with Crippen LogP contribution in [0.25, 0.3) is 0 Å². The number of likely N-dealkylation sites (tertiary alicyclic amines) is 1. The Morgan fingerprint density at radius 3 is 2.65 bits per heavy atom. The molecule has 2 aliphatic rings. The van der Waals surface area contributed by atoms with Crippen LogP contribution in [-0.4, -0.2) is 67.7 Å². The maximum absolute atomic E-state index is 12.9. The van der Waals surface area contributed by atoms with Crippen molar-refractivity contribution in [3.63, 3.8) is 0 Å². The van der Waals surface area contributed by atoms with Crippen LogP contribution in [-0.2, 0) is 30.5 Å². The topological polar surface area (TPSA) is 126 Å². The summed E-state index contributed by atoms with van der Waals surface area (Å²) >= 11 is 0. The molecule has 186 valence electrons. The molecule has 3 amide bonds. The normalized spacial score (nSPS) is 20.4. The molecule has 0 saturated carbocycles. The van der Waals surface area contributed by atoms with Crippen LogP contribution in [0.5, 0.6) is 0 Å². The van der Waals surface area contributed by atoms with Crippen LogP contribution < -0.4 is 16.0 Å². The number of rotatable bonds is 10. The lowest BCUT2D eigenvalue weighted by atomic mass is 10.0. The Balaban J connectivity index is 1.44. The van der Waals surface area contributed by atoms with E-state index in [0.717, 1.165) is 31.4 Å². The third-order valence-corrected chi connectivity index (χ3v) is 6.16. The second kappa shape index (κ2) is 12.9. The predicted octanol–water partition coefficient (Wildman–Crippen LogP) is 1.30. The maximum atomic E-state index is 12.9. The van der Waals surface area contributed by atoms with Gasteiger partial charge in [0, 0.05) is 13.1 Å². The average Bonchev–Trinajstić information content (AvgIpc) is 3.55. The molecule has 1 aromatic carbocycles. The number of ether oxygens (including phenoxy) is 2. The van der Waals surface area contributed by atoms with E-state index in [4.69, 9.17) is 9.47 Å². The molecule has 0 aromatic heterocycles. The Morgan fingerprint density at radius 2 is 1.94 bits per heavy atom. The summed E-state index contributed by atoms with van der Waals surface area (Å²) in [5.74, 6) is -2.14. The molecule has 3 N–H and O–H groups in total. The number of hydrogen-bond donors (Lipinski definition) is 3. The molecule has 3 atom stereocenters. The number of hydrogen-bond acceptors (Lipinski definition) is 7. The molecule has 10 heteroatoms. The molecule has 0 aliphatic carbocycles. The number of carbonyl (C=O) groups is 4. The van der Waals surface area contributed by atoms with Crippen LogP contribution >= 0.6 is 0 Å². The summed E-state index contributed by atoms with van der Waals surface area (Å²) < 4.78 is 9.97. The highest BCUT2D eigenvalue weighted by molar-refractivity contribution is 5.98. The molecule has 2 aliphatic heterocycles. The standard InChI is InChI=1S/C24H34N4O6/c1-33-23(31)18(10-5-14-26-24(32)34-16-17-8-3-2-4-9-17)21(29)27-20-12-7-15-28(20)22(30)19-11-6-13-25-19/h2-4,8-9,18-20,25H,5-7,10-16H2,1H3,(H,26,32)(H,27,29)/t18-,19-,20-/m0/s1. The van der Waals surface area contributed by atoms with E-state index in [2.05, 4.69) is 16.0 Å². The molecule has 0 bridgehead atoms. The summed E-state index contributed by atoms with van der Waals surface area (Å²) in [7, 11) is 1.24. The van der Waals surface area contributed by atoms with E-state index in [1.807, 2.05) is 30.3 Å². The van der Waals surface area contributed by atoms with Gasteiger partial charge in [-0.05, 0) is 50.6 Å². The number of esters is 1. The van der Waals surface area contributed by atoms with Crippen LogP contribution in [0.4, 0.5) is 4.79 Å². The lowest BCUT2D eigenvalue weighted by Crippen LogP contribution is -2.53. The first kappa shape index (κ1) is 25.5. The molecule has 3 rings (SSSR count). The molecular formula is C24H34N4O6. The summed E-state index contributed by atoms with van der Waals surface area (Å²) in [5.41, 5.74) is 0.878. The predicted molar refractivity (Wildman–Crippen MR) is 123 cm³/mol. The SMILES string of the molecule is COC(=O)[C@@H](CCCNC(=O)OCc1ccccc1)C(=O)N[C@@H]1CCCN1C(=O)[C@@H]1CCCN1. The summed E-state index contributed by atoms with van der Waals surface area (Å²) in [4.78, 5) is 51.5. The second-order valence-electron chi connectivity index (χ2n) is 8.55. The van der Waals surface area contributed by atoms with Gasteiger partial charge in [-0.15, -0.1) is 0 Å². The van der Waals surface area contributed by atoms with Gasteiger partial charge in [-0.2, -0.15) is 0 Å². The highest BCUT2D eigenvalue weighted by atomic mass is 16.5. The third-order valence-electron chi connectivity index (χ3n) is 6.16. The molecule has 2 heterocycles. The molecule has 2 fully saturated rings. The zero-order chi connectivity index (χ0) is 24.3. The van der Waals surface area contributed by atoms with Crippen molar-refractivity contribution >= 4 is 23.9 Å². The quantitative estimate of drug-likeness (QED) is 0.265. The van der Waals surface area contributed by atoms with Gasteiger partial charge in [-0.1, -0.05) is 30.3 Å². The van der Waals surface area contributed by atoms with Gasteiger partial charge >= 0.3 is 12.1 Å². The summed E-state index contributed by atoms with van der Waals surface area (Å²) in [6.45, 7) is 1.81. The fraction of sp³-hybridized carbons (Fsp3) is 0.583. The van der Waals surface area contributed by atoms with Crippen molar-refractivity contribution in [2.45, 2.75) is 57.3 Å². The van der Waals surface area contributed by atoms with Gasteiger partial charge in [0.1, 0.15) is 18.7 Å². The largest absolute Gasteiger partial charge is 0.468 e. The average molecular weight is 475 g/mol.